The Morgan fingerprint density at radius 1 is 1.07 bits per heavy atom. The molecule has 0 aliphatic heterocycles. The van der Waals surface area contributed by atoms with Gasteiger partial charge in [0.1, 0.15) is 0 Å². The van der Waals surface area contributed by atoms with Gasteiger partial charge in [-0.2, -0.15) is 4.80 Å². The molecule has 30 heavy (non-hydrogen) atoms. The van der Waals surface area contributed by atoms with Crippen molar-refractivity contribution >= 4 is 16.9 Å². The Morgan fingerprint density at radius 2 is 1.87 bits per heavy atom. The lowest BCUT2D eigenvalue weighted by atomic mass is 9.91. The van der Waals surface area contributed by atoms with E-state index in [2.05, 4.69) is 25.7 Å². The lowest BCUT2D eigenvalue weighted by molar-refractivity contribution is 0.0920. The Balaban J connectivity index is 1.19. The van der Waals surface area contributed by atoms with Gasteiger partial charge in [0.15, 0.2) is 0 Å². The number of hydrogen-bond donors (Lipinski definition) is 1. The quantitative estimate of drug-likeness (QED) is 0.567. The molecular formula is C22H23N7O. The van der Waals surface area contributed by atoms with Gasteiger partial charge in [-0.05, 0) is 49.1 Å². The van der Waals surface area contributed by atoms with Crippen LogP contribution in [0.1, 0.15) is 42.1 Å². The third kappa shape index (κ3) is 3.56. The smallest absolute Gasteiger partial charge is 0.251 e. The summed E-state index contributed by atoms with van der Waals surface area (Å²) in [6.45, 7) is 0. The van der Waals surface area contributed by atoms with E-state index < -0.39 is 0 Å². The van der Waals surface area contributed by atoms with Crippen LogP contribution in [-0.2, 0) is 7.05 Å². The summed E-state index contributed by atoms with van der Waals surface area (Å²) in [5, 5.41) is 16.2. The molecule has 1 fully saturated rings. The fraction of sp³-hybridized carbons (Fsp3) is 0.318. The number of aryl methyl sites for hydroxylation is 1. The molecule has 1 amide bonds. The molecule has 1 N–H and O–H groups in total. The number of imidazole rings is 1. The van der Waals surface area contributed by atoms with Crippen molar-refractivity contribution in [3.8, 4) is 11.4 Å². The first-order valence-electron chi connectivity index (χ1n) is 10.2. The minimum absolute atomic E-state index is 0.0451. The molecule has 2 aromatic carbocycles. The molecule has 8 heteroatoms. The molecule has 1 aliphatic rings. The second-order valence-corrected chi connectivity index (χ2v) is 7.84. The average molecular weight is 401 g/mol. The Morgan fingerprint density at radius 3 is 2.67 bits per heavy atom. The molecule has 5 rings (SSSR count). The van der Waals surface area contributed by atoms with E-state index in [-0.39, 0.29) is 18.0 Å². The van der Waals surface area contributed by atoms with Crippen molar-refractivity contribution in [1.82, 2.24) is 35.1 Å². The molecule has 0 radical (unpaired) electrons. The maximum Gasteiger partial charge on any atom is 0.251 e. The van der Waals surface area contributed by atoms with Gasteiger partial charge in [-0.25, -0.2) is 4.98 Å². The SMILES string of the molecule is Cn1cnc2cc(C(=O)NC3CCC(n4nnc(-c5ccccc5)n4)CC3)ccc21. The van der Waals surface area contributed by atoms with Crippen molar-refractivity contribution in [2.24, 2.45) is 7.05 Å². The van der Waals surface area contributed by atoms with Crippen LogP contribution in [0.2, 0.25) is 0 Å². The Labute approximate surface area is 173 Å². The Bertz CT molecular complexity index is 1170. The minimum atomic E-state index is -0.0451. The molecule has 0 spiro atoms. The van der Waals surface area contributed by atoms with E-state index in [0.717, 1.165) is 42.3 Å². The summed E-state index contributed by atoms with van der Waals surface area (Å²) in [4.78, 5) is 18.8. The van der Waals surface area contributed by atoms with Crippen LogP contribution in [-0.4, -0.2) is 41.7 Å². The maximum atomic E-state index is 12.7. The van der Waals surface area contributed by atoms with Crippen molar-refractivity contribution in [2.45, 2.75) is 37.8 Å². The van der Waals surface area contributed by atoms with E-state index >= 15 is 0 Å². The maximum absolute atomic E-state index is 12.7. The zero-order valence-electron chi connectivity index (χ0n) is 16.8. The average Bonchev–Trinajstić information content (AvgIpc) is 3.42. The van der Waals surface area contributed by atoms with Crippen LogP contribution in [0, 0.1) is 0 Å². The predicted octanol–water partition coefficient (Wildman–Crippen LogP) is 3.14. The van der Waals surface area contributed by atoms with E-state index in [4.69, 9.17) is 0 Å². The number of carbonyl (C=O) groups is 1. The van der Waals surface area contributed by atoms with Crippen molar-refractivity contribution in [3.63, 3.8) is 0 Å². The summed E-state index contributed by atoms with van der Waals surface area (Å²) >= 11 is 0. The minimum Gasteiger partial charge on any atom is -0.349 e. The highest BCUT2D eigenvalue weighted by Gasteiger charge is 2.25. The van der Waals surface area contributed by atoms with E-state index in [1.165, 1.54) is 0 Å². The zero-order valence-corrected chi connectivity index (χ0v) is 16.8. The molecule has 1 aliphatic carbocycles. The van der Waals surface area contributed by atoms with Crippen LogP contribution >= 0.6 is 0 Å². The molecule has 0 atom stereocenters. The van der Waals surface area contributed by atoms with Gasteiger partial charge >= 0.3 is 0 Å². The first-order chi connectivity index (χ1) is 14.7. The van der Waals surface area contributed by atoms with E-state index in [1.807, 2.05) is 60.1 Å². The zero-order chi connectivity index (χ0) is 20.5. The number of hydrogen-bond acceptors (Lipinski definition) is 5. The standard InChI is InChI=1S/C22H23N7O/c1-28-14-23-19-13-16(7-12-20(19)28)22(30)24-17-8-10-18(11-9-17)29-26-21(25-27-29)15-5-3-2-4-6-15/h2-7,12-14,17-18H,8-11H2,1H3,(H,24,30). The summed E-state index contributed by atoms with van der Waals surface area (Å²) in [5.41, 5.74) is 3.46. The second-order valence-electron chi connectivity index (χ2n) is 7.84. The third-order valence-corrected chi connectivity index (χ3v) is 5.81. The molecule has 0 saturated heterocycles. The van der Waals surface area contributed by atoms with E-state index in [9.17, 15) is 4.79 Å². The predicted molar refractivity (Wildman–Crippen MR) is 113 cm³/mol. The number of carbonyl (C=O) groups excluding carboxylic acids is 1. The molecular weight excluding hydrogens is 378 g/mol. The van der Waals surface area contributed by atoms with Crippen molar-refractivity contribution in [1.29, 1.82) is 0 Å². The first kappa shape index (κ1) is 18.5. The lowest BCUT2D eigenvalue weighted by Crippen LogP contribution is -2.38. The molecule has 0 unspecified atom stereocenters. The number of benzene rings is 2. The van der Waals surface area contributed by atoms with E-state index in [0.29, 0.717) is 11.4 Å². The summed E-state index contributed by atoms with van der Waals surface area (Å²) in [5.74, 6) is 0.604. The lowest BCUT2D eigenvalue weighted by Gasteiger charge is -2.28. The van der Waals surface area contributed by atoms with Gasteiger partial charge in [-0.15, -0.1) is 10.2 Å². The van der Waals surface area contributed by atoms with Gasteiger partial charge in [-0.1, -0.05) is 30.3 Å². The molecule has 8 nitrogen and oxygen atoms in total. The molecule has 0 bridgehead atoms. The highest BCUT2D eigenvalue weighted by atomic mass is 16.1. The number of tetrazole rings is 1. The number of nitrogens with one attached hydrogen (secondary N) is 1. The number of fused-ring (bicyclic) bond motifs is 1. The molecule has 4 aromatic rings. The number of nitrogens with zero attached hydrogens (tertiary/aromatic N) is 6. The van der Waals surface area contributed by atoms with Gasteiger partial charge in [-0.3, -0.25) is 4.79 Å². The van der Waals surface area contributed by atoms with Crippen LogP contribution in [0.15, 0.2) is 54.9 Å². The van der Waals surface area contributed by atoms with Crippen LogP contribution in [0.25, 0.3) is 22.4 Å². The number of aromatic nitrogens is 6. The largest absolute Gasteiger partial charge is 0.349 e. The number of rotatable bonds is 4. The van der Waals surface area contributed by atoms with Gasteiger partial charge < -0.3 is 9.88 Å². The topological polar surface area (TPSA) is 90.5 Å². The van der Waals surface area contributed by atoms with Crippen LogP contribution in [0.5, 0.6) is 0 Å². The van der Waals surface area contributed by atoms with Crippen molar-refractivity contribution in [2.75, 3.05) is 0 Å². The Kier molecular flexibility index (Phi) is 4.74. The highest BCUT2D eigenvalue weighted by molar-refractivity contribution is 5.97. The third-order valence-electron chi connectivity index (χ3n) is 5.81. The summed E-state index contributed by atoms with van der Waals surface area (Å²) in [6, 6.07) is 15.9. The molecule has 2 aromatic heterocycles. The fourth-order valence-corrected chi connectivity index (χ4v) is 4.08. The highest BCUT2D eigenvalue weighted by Crippen LogP contribution is 2.28. The molecule has 2 heterocycles. The van der Waals surface area contributed by atoms with Gasteiger partial charge in [0.2, 0.25) is 5.82 Å². The summed E-state index contributed by atoms with van der Waals surface area (Å²) < 4.78 is 1.94. The summed E-state index contributed by atoms with van der Waals surface area (Å²) in [7, 11) is 1.94. The van der Waals surface area contributed by atoms with Gasteiger partial charge in [0, 0.05) is 24.2 Å². The molecule has 152 valence electrons. The second kappa shape index (κ2) is 7.70. The van der Waals surface area contributed by atoms with Gasteiger partial charge in [0.05, 0.1) is 23.4 Å². The van der Waals surface area contributed by atoms with Crippen molar-refractivity contribution in [3.05, 3.63) is 60.4 Å². The van der Waals surface area contributed by atoms with Gasteiger partial charge in [0.25, 0.3) is 5.91 Å². The first-order valence-corrected chi connectivity index (χ1v) is 10.2. The monoisotopic (exact) mass is 401 g/mol. The van der Waals surface area contributed by atoms with Crippen LogP contribution in [0.3, 0.4) is 0 Å². The Hall–Kier alpha value is -3.55. The normalized spacial score (nSPS) is 19.1. The van der Waals surface area contributed by atoms with Crippen molar-refractivity contribution < 1.29 is 4.79 Å². The van der Waals surface area contributed by atoms with Crippen LogP contribution in [0.4, 0.5) is 0 Å². The fourth-order valence-electron chi connectivity index (χ4n) is 4.08. The summed E-state index contributed by atoms with van der Waals surface area (Å²) in [6.07, 6.45) is 5.37. The van der Waals surface area contributed by atoms with E-state index in [1.54, 1.807) is 11.1 Å². The molecule has 1 saturated carbocycles. The van der Waals surface area contributed by atoms with Crippen LogP contribution < -0.4 is 5.32 Å². The number of amides is 1.